The van der Waals surface area contributed by atoms with Gasteiger partial charge < -0.3 is 14.6 Å². The maximum Gasteiger partial charge on any atom is 0.138 e. The van der Waals surface area contributed by atoms with Gasteiger partial charge in [-0.15, -0.1) is 0 Å². The van der Waals surface area contributed by atoms with E-state index in [1.807, 2.05) is 38.1 Å². The summed E-state index contributed by atoms with van der Waals surface area (Å²) in [6.07, 6.45) is 0. The minimum absolute atomic E-state index is 0.201. The topological polar surface area (TPSA) is 47.3 Å². The molecule has 20 heavy (non-hydrogen) atoms. The molecule has 0 bridgehead atoms. The zero-order valence-electron chi connectivity index (χ0n) is 11.9. The number of ether oxygens (including phenoxy) is 1. The second-order valence-corrected chi connectivity index (χ2v) is 5.64. The van der Waals surface area contributed by atoms with Gasteiger partial charge in [-0.3, -0.25) is 0 Å². The summed E-state index contributed by atoms with van der Waals surface area (Å²) in [5, 5.41) is 7.39. The molecule has 4 nitrogen and oxygen atoms in total. The lowest BCUT2D eigenvalue weighted by molar-refractivity contribution is 0.307. The van der Waals surface area contributed by atoms with E-state index in [0.717, 1.165) is 33.8 Å². The number of hydrogen-bond donors (Lipinski definition) is 1. The zero-order chi connectivity index (χ0) is 14.5. The summed E-state index contributed by atoms with van der Waals surface area (Å²) in [5.74, 6) is 1.74. The zero-order valence-corrected chi connectivity index (χ0v) is 13.5. The molecule has 0 radical (unpaired) electrons. The molecule has 2 rings (SSSR count). The maximum atomic E-state index is 5.68. The highest BCUT2D eigenvalue weighted by Gasteiger charge is 2.15. The Hall–Kier alpha value is -1.33. The molecule has 0 aliphatic carbocycles. The predicted octanol–water partition coefficient (Wildman–Crippen LogP) is 3.78. The highest BCUT2D eigenvalue weighted by molar-refractivity contribution is 9.10. The molecule has 0 saturated heterocycles. The van der Waals surface area contributed by atoms with Crippen molar-refractivity contribution in [3.8, 4) is 5.75 Å². The standard InChI is InChI=1S/C15H19BrN2O2/c1-10(15-11(2)18-20-12(15)3)17-7-8-19-14-6-4-5-13(16)9-14/h4-6,9-10,17H,7-8H2,1-3H3. The van der Waals surface area contributed by atoms with Crippen molar-refractivity contribution >= 4 is 15.9 Å². The number of halogens is 1. The van der Waals surface area contributed by atoms with Crippen LogP contribution in [0.15, 0.2) is 33.3 Å². The van der Waals surface area contributed by atoms with E-state index in [9.17, 15) is 0 Å². The van der Waals surface area contributed by atoms with Crippen LogP contribution in [0.4, 0.5) is 0 Å². The van der Waals surface area contributed by atoms with Gasteiger partial charge in [0.2, 0.25) is 0 Å². The SMILES string of the molecule is Cc1noc(C)c1C(C)NCCOc1cccc(Br)c1. The monoisotopic (exact) mass is 338 g/mol. The highest BCUT2D eigenvalue weighted by Crippen LogP contribution is 2.21. The Balaban J connectivity index is 1.79. The van der Waals surface area contributed by atoms with Gasteiger partial charge >= 0.3 is 0 Å². The fourth-order valence-electron chi connectivity index (χ4n) is 2.21. The average Bonchev–Trinajstić information content (AvgIpc) is 2.74. The molecule has 1 N–H and O–H groups in total. The number of aromatic nitrogens is 1. The Bertz CT molecular complexity index is 549. The van der Waals surface area contributed by atoms with Crippen molar-refractivity contribution in [2.24, 2.45) is 0 Å². The molecule has 108 valence electrons. The number of benzene rings is 1. The Morgan fingerprint density at radius 1 is 1.40 bits per heavy atom. The summed E-state index contributed by atoms with van der Waals surface area (Å²) in [6, 6.07) is 8.04. The second-order valence-electron chi connectivity index (χ2n) is 4.72. The van der Waals surface area contributed by atoms with E-state index in [0.29, 0.717) is 6.61 Å². The van der Waals surface area contributed by atoms with Gasteiger partial charge in [-0.2, -0.15) is 0 Å². The van der Waals surface area contributed by atoms with Crippen molar-refractivity contribution in [1.29, 1.82) is 0 Å². The van der Waals surface area contributed by atoms with Gasteiger partial charge in [0.05, 0.1) is 5.69 Å². The van der Waals surface area contributed by atoms with E-state index in [-0.39, 0.29) is 6.04 Å². The molecule has 0 fully saturated rings. The Morgan fingerprint density at radius 2 is 2.20 bits per heavy atom. The summed E-state index contributed by atoms with van der Waals surface area (Å²) in [4.78, 5) is 0. The van der Waals surface area contributed by atoms with Gasteiger partial charge in [-0.05, 0) is 39.0 Å². The van der Waals surface area contributed by atoms with Gasteiger partial charge in [0.25, 0.3) is 0 Å². The molecule has 0 saturated carbocycles. The van der Waals surface area contributed by atoms with Crippen LogP contribution in [0.2, 0.25) is 0 Å². The van der Waals surface area contributed by atoms with E-state index in [1.165, 1.54) is 0 Å². The molecule has 0 amide bonds. The van der Waals surface area contributed by atoms with Crippen molar-refractivity contribution in [2.75, 3.05) is 13.2 Å². The molecule has 5 heteroatoms. The van der Waals surface area contributed by atoms with Gasteiger partial charge in [0, 0.05) is 22.6 Å². The molecule has 0 spiro atoms. The number of rotatable bonds is 6. The predicted molar refractivity (Wildman–Crippen MR) is 82.0 cm³/mol. The number of nitrogens with zero attached hydrogens (tertiary/aromatic N) is 1. The summed E-state index contributed by atoms with van der Waals surface area (Å²) in [6.45, 7) is 7.38. The summed E-state index contributed by atoms with van der Waals surface area (Å²) in [5.41, 5.74) is 2.07. The van der Waals surface area contributed by atoms with E-state index in [2.05, 4.69) is 33.3 Å². The van der Waals surface area contributed by atoms with Crippen LogP contribution in [0.25, 0.3) is 0 Å². The van der Waals surface area contributed by atoms with Crippen LogP contribution in [0.3, 0.4) is 0 Å². The van der Waals surface area contributed by atoms with E-state index in [1.54, 1.807) is 0 Å². The first-order valence-electron chi connectivity index (χ1n) is 6.62. The maximum absolute atomic E-state index is 5.68. The first-order valence-corrected chi connectivity index (χ1v) is 7.41. The van der Waals surface area contributed by atoms with Crippen LogP contribution in [-0.4, -0.2) is 18.3 Å². The molecule has 0 aliphatic rings. The summed E-state index contributed by atoms with van der Waals surface area (Å²) in [7, 11) is 0. The Labute approximate surface area is 127 Å². The molecule has 1 unspecified atom stereocenters. The van der Waals surface area contributed by atoms with E-state index >= 15 is 0 Å². The van der Waals surface area contributed by atoms with Gasteiger partial charge in [-0.1, -0.05) is 27.2 Å². The van der Waals surface area contributed by atoms with Crippen LogP contribution >= 0.6 is 15.9 Å². The normalized spacial score (nSPS) is 12.4. The lowest BCUT2D eigenvalue weighted by atomic mass is 10.1. The third-order valence-electron chi connectivity index (χ3n) is 3.14. The van der Waals surface area contributed by atoms with Crippen LogP contribution in [-0.2, 0) is 0 Å². The fraction of sp³-hybridized carbons (Fsp3) is 0.400. The fourth-order valence-corrected chi connectivity index (χ4v) is 2.59. The number of nitrogens with one attached hydrogen (secondary N) is 1. The van der Waals surface area contributed by atoms with Crippen LogP contribution in [0.5, 0.6) is 5.75 Å². The van der Waals surface area contributed by atoms with Crippen molar-refractivity contribution in [3.63, 3.8) is 0 Å². The van der Waals surface area contributed by atoms with Crippen molar-refractivity contribution in [3.05, 3.63) is 45.8 Å². The highest BCUT2D eigenvalue weighted by atomic mass is 79.9. The molecule has 1 aromatic carbocycles. The van der Waals surface area contributed by atoms with E-state index < -0.39 is 0 Å². The van der Waals surface area contributed by atoms with Crippen LogP contribution < -0.4 is 10.1 Å². The third kappa shape index (κ3) is 3.84. The quantitative estimate of drug-likeness (QED) is 0.814. The van der Waals surface area contributed by atoms with Crippen molar-refractivity contribution in [2.45, 2.75) is 26.8 Å². The van der Waals surface area contributed by atoms with Gasteiger partial charge in [-0.25, -0.2) is 0 Å². The number of hydrogen-bond acceptors (Lipinski definition) is 4. The smallest absolute Gasteiger partial charge is 0.138 e. The summed E-state index contributed by atoms with van der Waals surface area (Å²) < 4.78 is 11.9. The van der Waals surface area contributed by atoms with Crippen LogP contribution in [0.1, 0.15) is 30.0 Å². The van der Waals surface area contributed by atoms with Gasteiger partial charge in [0.15, 0.2) is 0 Å². The molecule has 0 aliphatic heterocycles. The second kappa shape index (κ2) is 6.90. The molecule has 1 aromatic heterocycles. The average molecular weight is 339 g/mol. The largest absolute Gasteiger partial charge is 0.492 e. The molecular weight excluding hydrogens is 320 g/mol. The van der Waals surface area contributed by atoms with Gasteiger partial charge in [0.1, 0.15) is 18.1 Å². The summed E-state index contributed by atoms with van der Waals surface area (Å²) >= 11 is 3.42. The molecular formula is C15H19BrN2O2. The van der Waals surface area contributed by atoms with Crippen molar-refractivity contribution < 1.29 is 9.26 Å². The lowest BCUT2D eigenvalue weighted by Crippen LogP contribution is -2.25. The minimum atomic E-state index is 0.201. The minimum Gasteiger partial charge on any atom is -0.492 e. The van der Waals surface area contributed by atoms with E-state index in [4.69, 9.17) is 9.26 Å². The molecule has 2 aromatic rings. The first kappa shape index (κ1) is 15.1. The van der Waals surface area contributed by atoms with Crippen LogP contribution in [0, 0.1) is 13.8 Å². The lowest BCUT2D eigenvalue weighted by Gasteiger charge is -2.14. The molecule has 1 heterocycles. The third-order valence-corrected chi connectivity index (χ3v) is 3.63. The van der Waals surface area contributed by atoms with Crippen molar-refractivity contribution in [1.82, 2.24) is 10.5 Å². The first-order chi connectivity index (χ1) is 9.58. The molecule has 1 atom stereocenters. The number of aryl methyl sites for hydroxylation is 2. The Morgan fingerprint density at radius 3 is 2.85 bits per heavy atom. The Kier molecular flexibility index (Phi) is 5.20.